The van der Waals surface area contributed by atoms with Gasteiger partial charge >= 0.3 is 12.1 Å². The van der Waals surface area contributed by atoms with Crippen molar-refractivity contribution in [2.45, 2.75) is 24.9 Å². The summed E-state index contributed by atoms with van der Waals surface area (Å²) in [6.45, 7) is -1.43. The van der Waals surface area contributed by atoms with Crippen LogP contribution in [0.15, 0.2) is 78.2 Å². The molecule has 4 heterocycles. The van der Waals surface area contributed by atoms with Gasteiger partial charge in [0.2, 0.25) is 0 Å². The minimum absolute atomic E-state index is 0.0900. The van der Waals surface area contributed by atoms with E-state index in [0.29, 0.717) is 21.2 Å². The zero-order valence-electron chi connectivity index (χ0n) is 23.2. The normalized spacial score (nSPS) is 12.6. The maximum absolute atomic E-state index is 14.9. The molecule has 5 rings (SSSR count). The highest BCUT2D eigenvalue weighted by Gasteiger charge is 2.44. The summed E-state index contributed by atoms with van der Waals surface area (Å²) < 4.78 is 76.1. The third kappa shape index (κ3) is 6.81. The molecule has 5 aromatic rings. The second kappa shape index (κ2) is 12.2. The summed E-state index contributed by atoms with van der Waals surface area (Å²) in [6.07, 6.45) is -1.53. The van der Waals surface area contributed by atoms with Crippen LogP contribution in [0.25, 0.3) is 22.2 Å². The van der Waals surface area contributed by atoms with E-state index in [-0.39, 0.29) is 23.4 Å². The number of benzene rings is 1. The van der Waals surface area contributed by atoms with E-state index in [9.17, 15) is 36.3 Å². The van der Waals surface area contributed by atoms with Crippen molar-refractivity contribution in [2.75, 3.05) is 11.9 Å². The Hall–Kier alpha value is -5.61. The monoisotopic (exact) mass is 630 g/mol. The maximum Gasteiger partial charge on any atom is 0.491 e. The van der Waals surface area contributed by atoms with Gasteiger partial charge in [0.15, 0.2) is 5.82 Å². The van der Waals surface area contributed by atoms with Gasteiger partial charge in [-0.15, -0.1) is 0 Å². The molecule has 4 aromatic heterocycles. The number of H-pyrrole nitrogens is 1. The topological polar surface area (TPSA) is 149 Å². The first-order valence-corrected chi connectivity index (χ1v) is 13.1. The number of esters is 1. The number of amides is 1. The van der Waals surface area contributed by atoms with Gasteiger partial charge in [0.05, 0.1) is 31.2 Å². The first kappa shape index (κ1) is 30.8. The molecule has 0 aliphatic heterocycles. The first-order valence-electron chi connectivity index (χ1n) is 13.1. The summed E-state index contributed by atoms with van der Waals surface area (Å²) in [6, 6.07) is 9.92. The Kier molecular flexibility index (Phi) is 8.34. The number of fused-ring (bicyclic) bond motifs is 1. The van der Waals surface area contributed by atoms with Crippen LogP contribution in [-0.4, -0.2) is 53.9 Å². The minimum Gasteiger partial charge on any atom is -0.425 e. The first-order chi connectivity index (χ1) is 21.3. The molecule has 0 bridgehead atoms. The summed E-state index contributed by atoms with van der Waals surface area (Å²) >= 11 is 0. The number of hydrogen-bond donors (Lipinski definition) is 3. The molecule has 17 heteroatoms. The zero-order valence-corrected chi connectivity index (χ0v) is 23.2. The number of nitrogens with one attached hydrogen (secondary N) is 3. The number of aromatic nitrogens is 6. The zero-order chi connectivity index (χ0) is 32.4. The Morgan fingerprint density at radius 3 is 2.49 bits per heavy atom. The van der Waals surface area contributed by atoms with Gasteiger partial charge in [-0.3, -0.25) is 23.8 Å². The number of ether oxygens (including phenoxy) is 1. The fourth-order valence-electron chi connectivity index (χ4n) is 4.36. The number of carbonyl (C=O) groups is 2. The van der Waals surface area contributed by atoms with E-state index in [1.807, 2.05) is 0 Å². The van der Waals surface area contributed by atoms with Crippen molar-refractivity contribution in [1.82, 2.24) is 34.6 Å². The fourth-order valence-corrected chi connectivity index (χ4v) is 4.36. The summed E-state index contributed by atoms with van der Waals surface area (Å²) in [5.74, 6) is -8.35. The average Bonchev–Trinajstić information content (AvgIpc) is 3.63. The number of pyridine rings is 1. The summed E-state index contributed by atoms with van der Waals surface area (Å²) in [4.78, 5) is 50.0. The molecule has 0 fully saturated rings. The quantitative estimate of drug-likeness (QED) is 0.157. The average molecular weight is 631 g/mol. The summed E-state index contributed by atoms with van der Waals surface area (Å²) in [5, 5.41) is 9.18. The molecule has 0 saturated carbocycles. The molecule has 1 amide bonds. The van der Waals surface area contributed by atoms with Crippen molar-refractivity contribution in [3.63, 3.8) is 0 Å². The molecule has 12 nitrogen and oxygen atoms in total. The largest absolute Gasteiger partial charge is 0.491 e. The predicted molar refractivity (Wildman–Crippen MR) is 149 cm³/mol. The summed E-state index contributed by atoms with van der Waals surface area (Å²) in [5.41, 5.74) is -0.845. The van der Waals surface area contributed by atoms with E-state index in [0.717, 1.165) is 6.20 Å². The highest BCUT2D eigenvalue weighted by Crippen LogP contribution is 2.29. The van der Waals surface area contributed by atoms with Gasteiger partial charge in [-0.2, -0.15) is 27.1 Å². The van der Waals surface area contributed by atoms with E-state index in [4.69, 9.17) is 0 Å². The van der Waals surface area contributed by atoms with Gasteiger partial charge in [-0.25, -0.2) is 9.78 Å². The van der Waals surface area contributed by atoms with Crippen LogP contribution in [0.4, 0.5) is 27.8 Å². The van der Waals surface area contributed by atoms with Crippen LogP contribution in [-0.2, 0) is 33.8 Å². The van der Waals surface area contributed by atoms with Crippen LogP contribution in [0.2, 0.25) is 0 Å². The van der Waals surface area contributed by atoms with Crippen molar-refractivity contribution >= 4 is 28.6 Å². The van der Waals surface area contributed by atoms with Crippen LogP contribution in [0.3, 0.4) is 0 Å². The van der Waals surface area contributed by atoms with Gasteiger partial charge in [-0.05, 0) is 12.1 Å². The highest BCUT2D eigenvalue weighted by atomic mass is 19.4. The van der Waals surface area contributed by atoms with Gasteiger partial charge < -0.3 is 20.4 Å². The third-order valence-electron chi connectivity index (χ3n) is 6.51. The lowest BCUT2D eigenvalue weighted by Crippen LogP contribution is -2.43. The van der Waals surface area contributed by atoms with Crippen molar-refractivity contribution in [3.05, 3.63) is 95.1 Å². The lowest BCUT2D eigenvalue weighted by molar-refractivity contribution is -0.209. The second-order valence-electron chi connectivity index (χ2n) is 9.72. The Bertz CT molecular complexity index is 1870. The molecule has 45 heavy (non-hydrogen) atoms. The number of aryl methyl sites for hydroxylation is 1. The van der Waals surface area contributed by atoms with E-state index in [1.165, 1.54) is 66.8 Å². The third-order valence-corrected chi connectivity index (χ3v) is 6.51. The molecule has 234 valence electrons. The molecule has 1 atom stereocenters. The summed E-state index contributed by atoms with van der Waals surface area (Å²) in [7, 11) is 1.50. The molecule has 3 N–H and O–H groups in total. The molecule has 0 radical (unpaired) electrons. The smallest absolute Gasteiger partial charge is 0.425 e. The van der Waals surface area contributed by atoms with E-state index < -0.39 is 48.1 Å². The number of alkyl halides is 5. The SMILES string of the molecule is Cn1cc(-c2cnc(NCC(F)(F)c3ccccc3)c(=O)n2C(OC(=O)C(F)(F)F)C(=O)NCc2cc3cnccc3[nH]2)cn1. The Balaban J connectivity index is 1.53. The molecule has 1 unspecified atom stereocenters. The fraction of sp³-hybridized carbons (Fsp3) is 0.214. The van der Waals surface area contributed by atoms with Crippen LogP contribution in [0, 0.1) is 0 Å². The van der Waals surface area contributed by atoms with Crippen molar-refractivity contribution in [2.24, 2.45) is 7.05 Å². The number of rotatable bonds is 10. The van der Waals surface area contributed by atoms with Crippen LogP contribution in [0.1, 0.15) is 17.5 Å². The number of hydrogen-bond acceptors (Lipinski definition) is 8. The number of halogens is 5. The van der Waals surface area contributed by atoms with Crippen LogP contribution < -0.4 is 16.2 Å². The van der Waals surface area contributed by atoms with Gasteiger partial charge in [0.1, 0.15) is 0 Å². The maximum atomic E-state index is 14.9. The molecular formula is C28H23F5N8O4. The van der Waals surface area contributed by atoms with E-state index in [1.54, 1.807) is 12.1 Å². The molecule has 0 saturated heterocycles. The molecule has 0 aliphatic rings. The van der Waals surface area contributed by atoms with Gasteiger partial charge in [-0.1, -0.05) is 30.3 Å². The van der Waals surface area contributed by atoms with Crippen molar-refractivity contribution < 1.29 is 36.3 Å². The number of carbonyl (C=O) groups excluding carboxylic acids is 2. The van der Waals surface area contributed by atoms with Crippen molar-refractivity contribution in [3.8, 4) is 11.3 Å². The van der Waals surface area contributed by atoms with Gasteiger partial charge in [0.25, 0.3) is 23.6 Å². The Labute approximate surface area is 249 Å². The van der Waals surface area contributed by atoms with Gasteiger partial charge in [0, 0.05) is 53.4 Å². The number of nitrogens with zero attached hydrogens (tertiary/aromatic N) is 5. The molecular weight excluding hydrogens is 607 g/mol. The lowest BCUT2D eigenvalue weighted by Gasteiger charge is -2.24. The minimum atomic E-state index is -5.55. The Morgan fingerprint density at radius 1 is 1.07 bits per heavy atom. The highest BCUT2D eigenvalue weighted by molar-refractivity contribution is 5.85. The predicted octanol–water partition coefficient (Wildman–Crippen LogP) is 3.64. The lowest BCUT2D eigenvalue weighted by atomic mass is 10.1. The number of anilines is 1. The standard InChI is InChI=1S/C28H23F5N8O4/c1-40-14-17(11-38-40)21-13-35-22(37-15-27(29,30)18-5-3-2-4-6-18)24(43)41(21)25(45-26(44)28(31,32)33)23(42)36-12-19-9-16-10-34-8-7-20(16)39-19/h2-11,13-14,25,39H,12,15H2,1H3,(H,35,37)(H,36,42). The molecule has 1 aromatic carbocycles. The Morgan fingerprint density at radius 2 is 1.82 bits per heavy atom. The van der Waals surface area contributed by atoms with Crippen LogP contribution in [0.5, 0.6) is 0 Å². The second-order valence-corrected chi connectivity index (χ2v) is 9.72. The molecule has 0 aliphatic carbocycles. The number of aromatic amines is 1. The van der Waals surface area contributed by atoms with E-state index >= 15 is 0 Å². The van der Waals surface area contributed by atoms with Crippen molar-refractivity contribution in [1.29, 1.82) is 0 Å². The van der Waals surface area contributed by atoms with Crippen LogP contribution >= 0.6 is 0 Å². The van der Waals surface area contributed by atoms with E-state index in [2.05, 4.69) is 35.4 Å². The molecule has 0 spiro atoms.